The fraction of sp³-hybridized carbons (Fsp3) is 0.176. The van der Waals surface area contributed by atoms with E-state index in [0.29, 0.717) is 23.8 Å². The summed E-state index contributed by atoms with van der Waals surface area (Å²) in [6.07, 6.45) is 0. The van der Waals surface area contributed by atoms with Crippen LogP contribution in [0, 0.1) is 6.92 Å². The zero-order valence-corrected chi connectivity index (χ0v) is 17.2. The molecule has 3 aromatic rings. The molecule has 0 spiro atoms. The van der Waals surface area contributed by atoms with E-state index in [2.05, 4.69) is 42.2 Å². The molecule has 0 radical (unpaired) electrons. The van der Waals surface area contributed by atoms with Crippen molar-refractivity contribution in [2.24, 2.45) is 0 Å². The Morgan fingerprint density at radius 1 is 1.32 bits per heavy atom. The van der Waals surface area contributed by atoms with Gasteiger partial charge in [0.15, 0.2) is 12.4 Å². The molecule has 0 saturated heterocycles. The first kappa shape index (κ1) is 18.2. The predicted molar refractivity (Wildman–Crippen MR) is 104 cm³/mol. The van der Waals surface area contributed by atoms with Crippen molar-refractivity contribution < 1.29 is 13.9 Å². The number of benzene rings is 1. The summed E-state index contributed by atoms with van der Waals surface area (Å²) < 4.78 is 12.9. The molecule has 1 amide bonds. The number of amides is 1. The van der Waals surface area contributed by atoms with E-state index in [9.17, 15) is 4.79 Å². The van der Waals surface area contributed by atoms with Gasteiger partial charge in [-0.1, -0.05) is 15.9 Å². The molecule has 130 valence electrons. The van der Waals surface area contributed by atoms with Gasteiger partial charge >= 0.3 is 0 Å². The van der Waals surface area contributed by atoms with Gasteiger partial charge in [0.2, 0.25) is 0 Å². The Morgan fingerprint density at radius 2 is 2.16 bits per heavy atom. The molecular formula is C17H14Br2N2O3S. The molecule has 0 atom stereocenters. The number of aromatic nitrogens is 1. The lowest BCUT2D eigenvalue weighted by atomic mass is 10.3. The Kier molecular flexibility index (Phi) is 5.93. The topological polar surface area (TPSA) is 64.4 Å². The average Bonchev–Trinajstić information content (AvgIpc) is 3.21. The molecule has 0 saturated carbocycles. The molecule has 0 aliphatic rings. The first-order chi connectivity index (χ1) is 12.0. The van der Waals surface area contributed by atoms with Gasteiger partial charge in [0.1, 0.15) is 17.2 Å². The van der Waals surface area contributed by atoms with Gasteiger partial charge in [0.05, 0.1) is 16.0 Å². The van der Waals surface area contributed by atoms with Crippen molar-refractivity contribution in [3.05, 3.63) is 55.4 Å². The Labute approximate surface area is 165 Å². The van der Waals surface area contributed by atoms with Gasteiger partial charge < -0.3 is 14.5 Å². The zero-order chi connectivity index (χ0) is 17.8. The summed E-state index contributed by atoms with van der Waals surface area (Å²) in [7, 11) is 0. The minimum atomic E-state index is -0.225. The van der Waals surface area contributed by atoms with Crippen LogP contribution in [0.2, 0.25) is 0 Å². The summed E-state index contributed by atoms with van der Waals surface area (Å²) in [5.41, 5.74) is 0.809. The third kappa shape index (κ3) is 4.93. The quantitative estimate of drug-likeness (QED) is 0.537. The second-order valence-electron chi connectivity index (χ2n) is 5.16. The van der Waals surface area contributed by atoms with Crippen LogP contribution in [-0.4, -0.2) is 17.5 Å². The number of carbonyl (C=O) groups is 1. The van der Waals surface area contributed by atoms with Crippen molar-refractivity contribution in [1.82, 2.24) is 10.3 Å². The average molecular weight is 486 g/mol. The zero-order valence-electron chi connectivity index (χ0n) is 13.2. The molecule has 3 rings (SSSR count). The lowest BCUT2D eigenvalue weighted by Gasteiger charge is -2.08. The van der Waals surface area contributed by atoms with Gasteiger partial charge in [-0.05, 0) is 53.2 Å². The van der Waals surface area contributed by atoms with E-state index in [-0.39, 0.29) is 12.5 Å². The highest BCUT2D eigenvalue weighted by molar-refractivity contribution is 9.11. The predicted octanol–water partition coefficient (Wildman–Crippen LogP) is 4.93. The van der Waals surface area contributed by atoms with E-state index >= 15 is 0 Å². The van der Waals surface area contributed by atoms with Crippen LogP contribution in [0.4, 0.5) is 0 Å². The van der Waals surface area contributed by atoms with Gasteiger partial charge in [-0.2, -0.15) is 0 Å². The molecule has 25 heavy (non-hydrogen) atoms. The first-order valence-corrected chi connectivity index (χ1v) is 9.83. The second kappa shape index (κ2) is 8.16. The lowest BCUT2D eigenvalue weighted by Crippen LogP contribution is -2.28. The van der Waals surface area contributed by atoms with Gasteiger partial charge in [0.25, 0.3) is 5.91 Å². The standard InChI is InChI=1S/C17H14Br2N2O3S/c1-10-21-14(9-25-10)16-5-3-12(24-16)7-20-17(22)8-23-15-4-2-11(18)6-13(15)19/h2-6,9H,7-8H2,1H3,(H,20,22). The molecule has 1 aromatic carbocycles. The molecule has 1 N–H and O–H groups in total. The van der Waals surface area contributed by atoms with Crippen LogP contribution in [0.1, 0.15) is 10.8 Å². The number of nitrogens with zero attached hydrogens (tertiary/aromatic N) is 1. The van der Waals surface area contributed by atoms with Crippen LogP contribution in [0.15, 0.2) is 49.1 Å². The van der Waals surface area contributed by atoms with Crippen molar-refractivity contribution in [3.8, 4) is 17.2 Å². The fourth-order valence-corrected chi connectivity index (χ4v) is 3.82. The highest BCUT2D eigenvalue weighted by atomic mass is 79.9. The van der Waals surface area contributed by atoms with Crippen molar-refractivity contribution >= 4 is 49.1 Å². The van der Waals surface area contributed by atoms with Crippen LogP contribution >= 0.6 is 43.2 Å². The summed E-state index contributed by atoms with van der Waals surface area (Å²) in [6.45, 7) is 2.17. The Hall–Kier alpha value is -1.64. The van der Waals surface area contributed by atoms with E-state index < -0.39 is 0 Å². The van der Waals surface area contributed by atoms with Gasteiger partial charge in [-0.25, -0.2) is 4.98 Å². The highest BCUT2D eigenvalue weighted by Gasteiger charge is 2.10. The molecule has 0 unspecified atom stereocenters. The number of aryl methyl sites for hydroxylation is 1. The monoisotopic (exact) mass is 484 g/mol. The smallest absolute Gasteiger partial charge is 0.258 e. The van der Waals surface area contributed by atoms with E-state index in [1.54, 1.807) is 17.4 Å². The Morgan fingerprint density at radius 3 is 2.88 bits per heavy atom. The number of ether oxygens (including phenoxy) is 1. The lowest BCUT2D eigenvalue weighted by molar-refractivity contribution is -0.123. The van der Waals surface area contributed by atoms with E-state index in [0.717, 1.165) is 19.6 Å². The van der Waals surface area contributed by atoms with Gasteiger partial charge in [-0.15, -0.1) is 11.3 Å². The summed E-state index contributed by atoms with van der Waals surface area (Å²) in [5, 5.41) is 5.70. The van der Waals surface area contributed by atoms with Crippen molar-refractivity contribution in [3.63, 3.8) is 0 Å². The maximum atomic E-state index is 11.9. The number of carbonyl (C=O) groups excluding carboxylic acids is 1. The number of halogens is 2. The second-order valence-corrected chi connectivity index (χ2v) is 7.99. The normalized spacial score (nSPS) is 10.7. The number of rotatable bonds is 6. The summed E-state index contributed by atoms with van der Waals surface area (Å²) in [5.74, 6) is 1.75. The van der Waals surface area contributed by atoms with Crippen molar-refractivity contribution in [2.45, 2.75) is 13.5 Å². The molecule has 2 aromatic heterocycles. The number of furan rings is 1. The largest absolute Gasteiger partial charge is 0.483 e. The number of hydrogen-bond acceptors (Lipinski definition) is 5. The maximum Gasteiger partial charge on any atom is 0.258 e. The Balaban J connectivity index is 1.50. The molecule has 0 bridgehead atoms. The van der Waals surface area contributed by atoms with Crippen LogP contribution in [-0.2, 0) is 11.3 Å². The molecule has 0 aliphatic heterocycles. The number of thiazole rings is 1. The molecule has 0 aliphatic carbocycles. The minimum absolute atomic E-state index is 0.0704. The summed E-state index contributed by atoms with van der Waals surface area (Å²) in [4.78, 5) is 16.3. The molecule has 2 heterocycles. The fourth-order valence-electron chi connectivity index (χ4n) is 2.06. The van der Waals surface area contributed by atoms with Crippen LogP contribution in [0.25, 0.3) is 11.5 Å². The third-order valence-electron chi connectivity index (χ3n) is 3.25. The summed E-state index contributed by atoms with van der Waals surface area (Å²) in [6, 6.07) is 9.18. The van der Waals surface area contributed by atoms with Crippen molar-refractivity contribution in [2.75, 3.05) is 6.61 Å². The van der Waals surface area contributed by atoms with E-state index in [1.165, 1.54) is 0 Å². The molecule has 8 heteroatoms. The van der Waals surface area contributed by atoms with Crippen LogP contribution in [0.5, 0.6) is 5.75 Å². The Bertz CT molecular complexity index is 892. The molecule has 5 nitrogen and oxygen atoms in total. The third-order valence-corrected chi connectivity index (χ3v) is 5.13. The van der Waals surface area contributed by atoms with E-state index in [4.69, 9.17) is 9.15 Å². The van der Waals surface area contributed by atoms with Gasteiger partial charge in [0, 0.05) is 9.85 Å². The highest BCUT2D eigenvalue weighted by Crippen LogP contribution is 2.28. The minimum Gasteiger partial charge on any atom is -0.483 e. The molecule has 0 fully saturated rings. The molecular weight excluding hydrogens is 472 g/mol. The number of nitrogens with one attached hydrogen (secondary N) is 1. The first-order valence-electron chi connectivity index (χ1n) is 7.37. The van der Waals surface area contributed by atoms with Gasteiger partial charge in [-0.3, -0.25) is 4.79 Å². The summed E-state index contributed by atoms with van der Waals surface area (Å²) >= 11 is 8.33. The maximum absolute atomic E-state index is 11.9. The van der Waals surface area contributed by atoms with Crippen LogP contribution < -0.4 is 10.1 Å². The van der Waals surface area contributed by atoms with Crippen molar-refractivity contribution in [1.29, 1.82) is 0 Å². The van der Waals surface area contributed by atoms with E-state index in [1.807, 2.05) is 36.6 Å². The van der Waals surface area contributed by atoms with Crippen LogP contribution in [0.3, 0.4) is 0 Å². The number of hydrogen-bond donors (Lipinski definition) is 1. The SMILES string of the molecule is Cc1nc(-c2ccc(CNC(=O)COc3ccc(Br)cc3Br)o2)cs1.